The number of benzene rings is 1. The highest BCUT2D eigenvalue weighted by molar-refractivity contribution is 9.10. The zero-order valence-electron chi connectivity index (χ0n) is 11.8. The summed E-state index contributed by atoms with van der Waals surface area (Å²) in [6.07, 6.45) is 2.99. The first kappa shape index (κ1) is 15.8. The molecule has 0 spiro atoms. The van der Waals surface area contributed by atoms with Crippen molar-refractivity contribution in [3.05, 3.63) is 22.7 Å². The lowest BCUT2D eigenvalue weighted by atomic mass is 9.96. The van der Waals surface area contributed by atoms with Crippen molar-refractivity contribution in [1.29, 1.82) is 0 Å². The van der Waals surface area contributed by atoms with Gasteiger partial charge in [0.25, 0.3) is 0 Å². The summed E-state index contributed by atoms with van der Waals surface area (Å²) in [5.74, 6) is 1.04. The molecule has 0 bridgehead atoms. The number of piperidine rings is 1. The summed E-state index contributed by atoms with van der Waals surface area (Å²) in [6.45, 7) is 3.35. The maximum atomic E-state index is 12.7. The molecule has 1 aromatic rings. The lowest BCUT2D eigenvalue weighted by Crippen LogP contribution is -2.38. The molecule has 2 rings (SSSR count). The Morgan fingerprint density at radius 1 is 1.35 bits per heavy atom. The number of halogens is 1. The number of sulfonamides is 1. The summed E-state index contributed by atoms with van der Waals surface area (Å²) >= 11 is 3.32. The van der Waals surface area contributed by atoms with Crippen LogP contribution in [-0.2, 0) is 10.0 Å². The maximum absolute atomic E-state index is 12.7. The molecule has 1 fully saturated rings. The van der Waals surface area contributed by atoms with Crippen LogP contribution in [0.1, 0.15) is 26.2 Å². The van der Waals surface area contributed by atoms with Crippen molar-refractivity contribution in [2.45, 2.75) is 31.1 Å². The Hall–Kier alpha value is -0.590. The van der Waals surface area contributed by atoms with Crippen LogP contribution in [0, 0.1) is 5.92 Å². The highest BCUT2D eigenvalue weighted by Gasteiger charge is 2.31. The standard InChI is InChI=1S/C14H20BrNO3S/c1-3-11-6-8-16(9-7-11)20(17,18)14-10-12(15)4-5-13(14)19-2/h4-5,10-11H,3,6-9H2,1-2H3. The summed E-state index contributed by atoms with van der Waals surface area (Å²) in [7, 11) is -1.99. The predicted octanol–water partition coefficient (Wildman–Crippen LogP) is 3.27. The van der Waals surface area contributed by atoms with E-state index in [9.17, 15) is 8.42 Å². The zero-order chi connectivity index (χ0) is 14.8. The predicted molar refractivity (Wildman–Crippen MR) is 82.5 cm³/mol. The van der Waals surface area contributed by atoms with Crippen LogP contribution in [0.5, 0.6) is 5.75 Å². The fourth-order valence-electron chi connectivity index (χ4n) is 2.55. The van der Waals surface area contributed by atoms with Gasteiger partial charge in [0, 0.05) is 17.6 Å². The Balaban J connectivity index is 2.29. The van der Waals surface area contributed by atoms with Gasteiger partial charge in [-0.25, -0.2) is 8.42 Å². The van der Waals surface area contributed by atoms with Gasteiger partial charge >= 0.3 is 0 Å². The fraction of sp³-hybridized carbons (Fsp3) is 0.571. The van der Waals surface area contributed by atoms with Gasteiger partial charge in [0.2, 0.25) is 10.0 Å². The van der Waals surface area contributed by atoms with E-state index in [2.05, 4.69) is 22.9 Å². The van der Waals surface area contributed by atoms with Crippen LogP contribution in [0.25, 0.3) is 0 Å². The molecule has 0 saturated carbocycles. The Bertz CT molecular complexity index is 566. The number of ether oxygens (including phenoxy) is 1. The minimum atomic E-state index is -3.48. The molecular weight excluding hydrogens is 342 g/mol. The van der Waals surface area contributed by atoms with Crippen LogP contribution in [0.4, 0.5) is 0 Å². The second-order valence-corrected chi connectivity index (χ2v) is 7.87. The number of nitrogens with zero attached hydrogens (tertiary/aromatic N) is 1. The van der Waals surface area contributed by atoms with Crippen molar-refractivity contribution < 1.29 is 13.2 Å². The average molecular weight is 362 g/mol. The molecule has 1 heterocycles. The van der Waals surface area contributed by atoms with Crippen LogP contribution >= 0.6 is 15.9 Å². The second-order valence-electron chi connectivity index (χ2n) is 5.05. The van der Waals surface area contributed by atoms with Crippen molar-refractivity contribution >= 4 is 26.0 Å². The fourth-order valence-corrected chi connectivity index (χ4v) is 4.71. The van der Waals surface area contributed by atoms with Gasteiger partial charge in [-0.05, 0) is 37.0 Å². The van der Waals surface area contributed by atoms with Crippen molar-refractivity contribution in [3.63, 3.8) is 0 Å². The van der Waals surface area contributed by atoms with Crippen molar-refractivity contribution in [2.75, 3.05) is 20.2 Å². The highest BCUT2D eigenvalue weighted by Crippen LogP contribution is 2.32. The Morgan fingerprint density at radius 2 is 2.00 bits per heavy atom. The van der Waals surface area contributed by atoms with Gasteiger partial charge < -0.3 is 4.74 Å². The molecule has 0 unspecified atom stereocenters. The number of hydrogen-bond acceptors (Lipinski definition) is 3. The molecule has 6 heteroatoms. The molecule has 1 saturated heterocycles. The van der Waals surface area contributed by atoms with Crippen LogP contribution in [0.2, 0.25) is 0 Å². The number of methoxy groups -OCH3 is 1. The first-order chi connectivity index (χ1) is 9.48. The largest absolute Gasteiger partial charge is 0.495 e. The smallest absolute Gasteiger partial charge is 0.246 e. The molecule has 20 heavy (non-hydrogen) atoms. The van der Waals surface area contributed by atoms with E-state index in [-0.39, 0.29) is 4.90 Å². The zero-order valence-corrected chi connectivity index (χ0v) is 14.2. The van der Waals surface area contributed by atoms with E-state index in [1.807, 2.05) is 0 Å². The molecule has 0 aliphatic carbocycles. The molecule has 1 aliphatic rings. The quantitative estimate of drug-likeness (QED) is 0.826. The van der Waals surface area contributed by atoms with Gasteiger partial charge in [-0.1, -0.05) is 29.3 Å². The molecule has 112 valence electrons. The van der Waals surface area contributed by atoms with Gasteiger partial charge in [0.15, 0.2) is 0 Å². The highest BCUT2D eigenvalue weighted by atomic mass is 79.9. The molecule has 0 aromatic heterocycles. The van der Waals surface area contributed by atoms with Gasteiger partial charge in [-0.3, -0.25) is 0 Å². The van der Waals surface area contributed by atoms with E-state index < -0.39 is 10.0 Å². The van der Waals surface area contributed by atoms with Crippen molar-refractivity contribution in [1.82, 2.24) is 4.31 Å². The number of hydrogen-bond donors (Lipinski definition) is 0. The van der Waals surface area contributed by atoms with E-state index in [4.69, 9.17) is 4.74 Å². The van der Waals surface area contributed by atoms with Crippen LogP contribution in [0.3, 0.4) is 0 Å². The Morgan fingerprint density at radius 3 is 2.55 bits per heavy atom. The summed E-state index contributed by atoms with van der Waals surface area (Å²) in [5, 5.41) is 0. The first-order valence-corrected chi connectivity index (χ1v) is 9.06. The normalized spacial score (nSPS) is 18.1. The third kappa shape index (κ3) is 3.18. The topological polar surface area (TPSA) is 46.6 Å². The molecular formula is C14H20BrNO3S. The van der Waals surface area contributed by atoms with E-state index >= 15 is 0 Å². The molecule has 1 aromatic carbocycles. The maximum Gasteiger partial charge on any atom is 0.246 e. The minimum absolute atomic E-state index is 0.240. The summed E-state index contributed by atoms with van der Waals surface area (Å²) in [6, 6.07) is 5.07. The molecule has 4 nitrogen and oxygen atoms in total. The molecule has 0 amide bonds. The molecule has 0 radical (unpaired) electrons. The Kier molecular flexibility index (Phi) is 5.09. The van der Waals surface area contributed by atoms with Gasteiger partial charge in [-0.15, -0.1) is 0 Å². The summed E-state index contributed by atoms with van der Waals surface area (Å²) < 4.78 is 33.0. The third-order valence-corrected chi connectivity index (χ3v) is 6.31. The first-order valence-electron chi connectivity index (χ1n) is 6.82. The van der Waals surface area contributed by atoms with E-state index in [0.717, 1.165) is 23.7 Å². The van der Waals surface area contributed by atoms with E-state index in [0.29, 0.717) is 24.8 Å². The molecule has 1 aliphatic heterocycles. The Labute approximate surface area is 129 Å². The van der Waals surface area contributed by atoms with Crippen LogP contribution < -0.4 is 4.74 Å². The average Bonchev–Trinajstić information content (AvgIpc) is 2.47. The number of rotatable bonds is 4. The van der Waals surface area contributed by atoms with Crippen LogP contribution in [0.15, 0.2) is 27.6 Å². The monoisotopic (exact) mass is 361 g/mol. The summed E-state index contributed by atoms with van der Waals surface area (Å²) in [4.78, 5) is 0.240. The lowest BCUT2D eigenvalue weighted by molar-refractivity contribution is 0.268. The van der Waals surface area contributed by atoms with Crippen LogP contribution in [-0.4, -0.2) is 32.9 Å². The van der Waals surface area contributed by atoms with Gasteiger partial charge in [-0.2, -0.15) is 4.31 Å². The van der Waals surface area contributed by atoms with Gasteiger partial charge in [0.1, 0.15) is 10.6 Å². The van der Waals surface area contributed by atoms with Crippen molar-refractivity contribution in [3.8, 4) is 5.75 Å². The molecule has 0 N–H and O–H groups in total. The van der Waals surface area contributed by atoms with Gasteiger partial charge in [0.05, 0.1) is 7.11 Å². The van der Waals surface area contributed by atoms with Crippen molar-refractivity contribution in [2.24, 2.45) is 5.92 Å². The SMILES string of the molecule is CCC1CCN(S(=O)(=O)c2cc(Br)ccc2OC)CC1. The second kappa shape index (κ2) is 6.45. The van der Waals surface area contributed by atoms with E-state index in [1.54, 1.807) is 22.5 Å². The third-order valence-electron chi connectivity index (χ3n) is 3.89. The van der Waals surface area contributed by atoms with E-state index in [1.165, 1.54) is 7.11 Å². The molecule has 0 atom stereocenters. The minimum Gasteiger partial charge on any atom is -0.495 e. The lowest BCUT2D eigenvalue weighted by Gasteiger charge is -2.31. The summed E-state index contributed by atoms with van der Waals surface area (Å²) in [5.41, 5.74) is 0.